The minimum absolute atomic E-state index is 0.0819. The number of carbonyl (C=O) groups is 3. The summed E-state index contributed by atoms with van der Waals surface area (Å²) in [7, 11) is 0. The van der Waals surface area contributed by atoms with Gasteiger partial charge in [-0.25, -0.2) is 0 Å². The summed E-state index contributed by atoms with van der Waals surface area (Å²) in [6.07, 6.45) is 86.2. The maximum atomic E-state index is 12.9. The number of allylic oxidation sites excluding steroid dienone is 12. The van der Waals surface area contributed by atoms with Crippen LogP contribution in [0, 0.1) is 0 Å². The highest BCUT2D eigenvalue weighted by Crippen LogP contribution is 2.17. The van der Waals surface area contributed by atoms with Crippen molar-refractivity contribution in [2.45, 2.75) is 354 Å². The third kappa shape index (κ3) is 63.7. The summed E-state index contributed by atoms with van der Waals surface area (Å²) >= 11 is 0. The zero-order valence-electron chi connectivity index (χ0n) is 51.9. The fourth-order valence-electron chi connectivity index (χ4n) is 9.77. The second-order valence-corrected chi connectivity index (χ2v) is 22.7. The van der Waals surface area contributed by atoms with Crippen LogP contribution in [-0.4, -0.2) is 37.2 Å². The summed E-state index contributed by atoms with van der Waals surface area (Å²) in [4.78, 5) is 38.4. The zero-order chi connectivity index (χ0) is 56.4. The fraction of sp³-hybridized carbons (Fsp3) is 0.792. The molecule has 0 saturated carbocycles. The normalized spacial score (nSPS) is 12.5. The van der Waals surface area contributed by atoms with Gasteiger partial charge in [0.2, 0.25) is 0 Å². The number of hydrogen-bond donors (Lipinski definition) is 0. The van der Waals surface area contributed by atoms with E-state index in [0.29, 0.717) is 19.3 Å². The lowest BCUT2D eigenvalue weighted by Crippen LogP contribution is -2.30. The van der Waals surface area contributed by atoms with Gasteiger partial charge in [0.15, 0.2) is 6.10 Å². The molecule has 0 aliphatic carbocycles. The number of carbonyl (C=O) groups excluding carboxylic acids is 3. The summed E-state index contributed by atoms with van der Waals surface area (Å²) in [5, 5.41) is 0. The van der Waals surface area contributed by atoms with E-state index in [2.05, 4.69) is 93.7 Å². The molecule has 0 amide bonds. The third-order valence-corrected chi connectivity index (χ3v) is 14.9. The van der Waals surface area contributed by atoms with Gasteiger partial charge in [0.25, 0.3) is 0 Å². The molecule has 452 valence electrons. The van der Waals surface area contributed by atoms with Gasteiger partial charge < -0.3 is 14.2 Å². The molecule has 0 aromatic rings. The van der Waals surface area contributed by atoms with Crippen LogP contribution >= 0.6 is 0 Å². The Morgan fingerprint density at radius 3 is 0.756 bits per heavy atom. The van der Waals surface area contributed by atoms with Crippen molar-refractivity contribution in [2.24, 2.45) is 0 Å². The maximum absolute atomic E-state index is 12.9. The molecule has 78 heavy (non-hydrogen) atoms. The van der Waals surface area contributed by atoms with E-state index in [0.717, 1.165) is 96.3 Å². The first-order chi connectivity index (χ1) is 38.5. The molecule has 0 aromatic carbocycles. The Bertz CT molecular complexity index is 1440. The van der Waals surface area contributed by atoms with E-state index in [1.165, 1.54) is 212 Å². The molecule has 0 aliphatic heterocycles. The summed E-state index contributed by atoms with van der Waals surface area (Å²) in [5.41, 5.74) is 0. The summed E-state index contributed by atoms with van der Waals surface area (Å²) in [6.45, 7) is 6.63. The predicted octanol–water partition coefficient (Wildman–Crippen LogP) is 23.3. The molecule has 0 rings (SSSR count). The highest BCUT2D eigenvalue weighted by Gasteiger charge is 2.19. The Balaban J connectivity index is 4.34. The molecule has 0 N–H and O–H groups in total. The molecule has 0 spiro atoms. The van der Waals surface area contributed by atoms with Crippen molar-refractivity contribution in [1.29, 1.82) is 0 Å². The number of esters is 3. The molecular weight excluding hydrogens is 961 g/mol. The van der Waals surface area contributed by atoms with E-state index >= 15 is 0 Å². The van der Waals surface area contributed by atoms with Gasteiger partial charge in [-0.3, -0.25) is 14.4 Å². The Morgan fingerprint density at radius 1 is 0.256 bits per heavy atom. The molecular formula is C72H128O6. The summed E-state index contributed by atoms with van der Waals surface area (Å²) in [5.74, 6) is -0.887. The smallest absolute Gasteiger partial charge is 0.306 e. The molecule has 6 nitrogen and oxygen atoms in total. The van der Waals surface area contributed by atoms with E-state index in [1.807, 2.05) is 0 Å². The van der Waals surface area contributed by atoms with Crippen molar-refractivity contribution in [3.63, 3.8) is 0 Å². The summed E-state index contributed by atoms with van der Waals surface area (Å²) in [6, 6.07) is 0. The third-order valence-electron chi connectivity index (χ3n) is 14.9. The maximum Gasteiger partial charge on any atom is 0.306 e. The second kappa shape index (κ2) is 66.4. The highest BCUT2D eigenvalue weighted by atomic mass is 16.6. The van der Waals surface area contributed by atoms with Crippen molar-refractivity contribution >= 4 is 17.9 Å². The van der Waals surface area contributed by atoms with Crippen LogP contribution < -0.4 is 0 Å². The number of rotatable bonds is 62. The van der Waals surface area contributed by atoms with Crippen LogP contribution in [0.4, 0.5) is 0 Å². The van der Waals surface area contributed by atoms with Crippen molar-refractivity contribution in [3.8, 4) is 0 Å². The topological polar surface area (TPSA) is 78.9 Å². The minimum atomic E-state index is -0.788. The molecule has 0 heterocycles. The van der Waals surface area contributed by atoms with Crippen molar-refractivity contribution < 1.29 is 28.6 Å². The Labute approximate surface area is 484 Å². The Morgan fingerprint density at radius 2 is 0.462 bits per heavy atom. The van der Waals surface area contributed by atoms with E-state index in [-0.39, 0.29) is 31.1 Å². The van der Waals surface area contributed by atoms with Crippen molar-refractivity contribution in [3.05, 3.63) is 72.9 Å². The first kappa shape index (κ1) is 74.8. The largest absolute Gasteiger partial charge is 0.462 e. The number of unbranched alkanes of at least 4 members (excludes halogenated alkanes) is 39. The van der Waals surface area contributed by atoms with E-state index in [4.69, 9.17) is 14.2 Å². The lowest BCUT2D eigenvalue weighted by atomic mass is 10.0. The molecule has 0 radical (unpaired) electrons. The molecule has 6 heteroatoms. The van der Waals surface area contributed by atoms with Crippen LogP contribution in [0.1, 0.15) is 348 Å². The predicted molar refractivity (Wildman–Crippen MR) is 339 cm³/mol. The highest BCUT2D eigenvalue weighted by molar-refractivity contribution is 5.71. The van der Waals surface area contributed by atoms with Crippen molar-refractivity contribution in [2.75, 3.05) is 13.2 Å². The van der Waals surface area contributed by atoms with Crippen LogP contribution in [0.25, 0.3) is 0 Å². The first-order valence-corrected chi connectivity index (χ1v) is 33.9. The molecule has 0 aromatic heterocycles. The standard InChI is InChI=1S/C72H128O6/c1-4-7-10-13-16-19-22-25-28-31-33-34-35-36-37-38-40-41-44-47-50-53-56-59-62-65-71(74)77-68-69(67-76-70(73)64-61-58-55-52-49-46-43-30-27-24-21-18-15-12-9-6-3)78-72(75)66-63-60-57-54-51-48-45-42-39-32-29-26-23-20-17-14-11-8-5-2/h17,20,22,25-26,29-31,33,39,42-43,69H,4-16,18-19,21,23-24,27-28,32,34-38,40-41,44-68H2,1-3H3/b20-17-,25-22-,29-26-,33-31-,42-39-,43-30-. The Hall–Kier alpha value is -3.15. The van der Waals surface area contributed by atoms with Gasteiger partial charge in [-0.2, -0.15) is 0 Å². The fourth-order valence-corrected chi connectivity index (χ4v) is 9.77. The molecule has 0 fully saturated rings. The number of ether oxygens (including phenoxy) is 3. The van der Waals surface area contributed by atoms with Gasteiger partial charge in [0.1, 0.15) is 13.2 Å². The SMILES string of the molecule is CCCCC/C=C\C/C=C\C/C=C\CCCCCCCCC(=O)OC(COC(=O)CCCCCCC/C=C\CCCCCCCCC)COC(=O)CCCCCCCCCCCCCCC/C=C\C/C=C\CCCCCCC. The van der Waals surface area contributed by atoms with Crippen molar-refractivity contribution in [1.82, 2.24) is 0 Å². The van der Waals surface area contributed by atoms with Crippen LogP contribution in [-0.2, 0) is 28.6 Å². The van der Waals surface area contributed by atoms with Gasteiger partial charge >= 0.3 is 17.9 Å². The zero-order valence-corrected chi connectivity index (χ0v) is 51.9. The molecule has 0 saturated heterocycles. The van der Waals surface area contributed by atoms with E-state index in [1.54, 1.807) is 0 Å². The first-order valence-electron chi connectivity index (χ1n) is 33.9. The van der Waals surface area contributed by atoms with Gasteiger partial charge in [-0.1, -0.05) is 286 Å². The van der Waals surface area contributed by atoms with Crippen LogP contribution in [0.5, 0.6) is 0 Å². The Kier molecular flexibility index (Phi) is 63.7. The molecule has 1 unspecified atom stereocenters. The van der Waals surface area contributed by atoms with Crippen LogP contribution in [0.2, 0.25) is 0 Å². The van der Waals surface area contributed by atoms with Gasteiger partial charge in [0.05, 0.1) is 0 Å². The molecule has 0 bridgehead atoms. The molecule has 0 aliphatic rings. The van der Waals surface area contributed by atoms with Gasteiger partial charge in [0, 0.05) is 19.3 Å². The van der Waals surface area contributed by atoms with E-state index < -0.39 is 6.10 Å². The van der Waals surface area contributed by atoms with Gasteiger partial charge in [-0.05, 0) is 116 Å². The van der Waals surface area contributed by atoms with Crippen LogP contribution in [0.3, 0.4) is 0 Å². The average Bonchev–Trinajstić information content (AvgIpc) is 3.44. The van der Waals surface area contributed by atoms with Gasteiger partial charge in [-0.15, -0.1) is 0 Å². The molecule has 1 atom stereocenters. The lowest BCUT2D eigenvalue weighted by Gasteiger charge is -2.18. The van der Waals surface area contributed by atoms with Crippen LogP contribution in [0.15, 0.2) is 72.9 Å². The monoisotopic (exact) mass is 1090 g/mol. The minimum Gasteiger partial charge on any atom is -0.462 e. The lowest BCUT2D eigenvalue weighted by molar-refractivity contribution is -0.167. The second-order valence-electron chi connectivity index (χ2n) is 22.7. The summed E-state index contributed by atoms with van der Waals surface area (Å²) < 4.78 is 17.0. The quantitative estimate of drug-likeness (QED) is 0.0261. The number of hydrogen-bond acceptors (Lipinski definition) is 6. The van der Waals surface area contributed by atoms with E-state index in [9.17, 15) is 14.4 Å². The average molecular weight is 1090 g/mol.